The lowest BCUT2D eigenvalue weighted by atomic mass is 10.0. The van der Waals surface area contributed by atoms with Gasteiger partial charge in [0.05, 0.1) is 24.2 Å². The molecule has 0 saturated heterocycles. The first kappa shape index (κ1) is 21.1. The Morgan fingerprint density at radius 2 is 2.03 bits per heavy atom. The van der Waals surface area contributed by atoms with E-state index in [2.05, 4.69) is 50.2 Å². The molecule has 9 heteroatoms. The molecule has 2 aliphatic heterocycles. The second-order valence-electron chi connectivity index (χ2n) is 8.80. The molecule has 0 radical (unpaired) electrons. The number of hydrogen-bond acceptors (Lipinski definition) is 7. The number of aliphatic imine (C=N–C) groups is 1. The van der Waals surface area contributed by atoms with Crippen molar-refractivity contribution in [1.82, 2.24) is 19.7 Å². The molecule has 0 unspecified atom stereocenters. The molecule has 3 aromatic rings. The Labute approximate surface area is 192 Å². The summed E-state index contributed by atoms with van der Waals surface area (Å²) in [5, 5.41) is 7.64. The van der Waals surface area contributed by atoms with Gasteiger partial charge in [-0.15, -0.1) is 0 Å². The minimum atomic E-state index is -0.423. The molecule has 2 aliphatic rings. The number of hydrogen-bond donors (Lipinski definition) is 1. The van der Waals surface area contributed by atoms with Crippen molar-refractivity contribution < 1.29 is 9.53 Å². The van der Waals surface area contributed by atoms with E-state index in [1.165, 1.54) is 0 Å². The summed E-state index contributed by atoms with van der Waals surface area (Å²) in [6.07, 6.45) is 3.53. The maximum atomic E-state index is 13.2. The van der Waals surface area contributed by atoms with Crippen LogP contribution in [0.4, 0.5) is 11.4 Å². The molecule has 0 saturated carbocycles. The van der Waals surface area contributed by atoms with Gasteiger partial charge >= 0.3 is 0 Å². The minimum Gasteiger partial charge on any atom is -0.477 e. The Kier molecular flexibility index (Phi) is 5.32. The van der Waals surface area contributed by atoms with Gasteiger partial charge in [-0.05, 0) is 56.4 Å². The predicted octanol–water partition coefficient (Wildman–Crippen LogP) is 3.73. The van der Waals surface area contributed by atoms with Crippen LogP contribution in [0.15, 0.2) is 35.5 Å². The van der Waals surface area contributed by atoms with Gasteiger partial charge in [-0.3, -0.25) is 4.79 Å². The van der Waals surface area contributed by atoms with Gasteiger partial charge < -0.3 is 15.0 Å². The molecule has 2 bridgehead atoms. The van der Waals surface area contributed by atoms with E-state index in [9.17, 15) is 4.79 Å². The Bertz CT molecular complexity index is 1260. The molecule has 1 amide bonds. The molecule has 2 aromatic heterocycles. The van der Waals surface area contributed by atoms with Crippen LogP contribution in [0.25, 0.3) is 11.4 Å². The van der Waals surface area contributed by atoms with Gasteiger partial charge in [0.1, 0.15) is 11.3 Å². The van der Waals surface area contributed by atoms with E-state index in [-0.39, 0.29) is 5.69 Å². The fraction of sp³-hybridized carbons (Fsp3) is 0.375. The average molecular weight is 446 g/mol. The van der Waals surface area contributed by atoms with Crippen molar-refractivity contribution in [2.75, 3.05) is 23.4 Å². The van der Waals surface area contributed by atoms with Gasteiger partial charge in [0.15, 0.2) is 5.82 Å². The number of amides is 1. The third-order valence-electron chi connectivity index (χ3n) is 5.93. The van der Waals surface area contributed by atoms with Crippen molar-refractivity contribution in [1.29, 1.82) is 0 Å². The van der Waals surface area contributed by atoms with Crippen molar-refractivity contribution >= 4 is 23.2 Å². The SMILES string of the molecule is Cc1ccc2c(c1)N1C[C@H](C)CCCOc3c(cnn3C)-c3nc(C)cc(n3)C(=O)/N=C/1N2. The molecule has 5 rings (SSSR count). The van der Waals surface area contributed by atoms with E-state index in [1.807, 2.05) is 26.1 Å². The largest absolute Gasteiger partial charge is 0.477 e. The zero-order chi connectivity index (χ0) is 23.1. The molecule has 33 heavy (non-hydrogen) atoms. The van der Waals surface area contributed by atoms with Crippen LogP contribution in [-0.2, 0) is 7.05 Å². The van der Waals surface area contributed by atoms with Crippen molar-refractivity contribution in [3.8, 4) is 17.3 Å². The first-order valence-corrected chi connectivity index (χ1v) is 11.2. The van der Waals surface area contributed by atoms with Gasteiger partial charge in [-0.1, -0.05) is 13.0 Å². The number of rotatable bonds is 0. The maximum absolute atomic E-state index is 13.2. The summed E-state index contributed by atoms with van der Waals surface area (Å²) in [5.41, 5.74) is 4.70. The maximum Gasteiger partial charge on any atom is 0.298 e. The lowest BCUT2D eigenvalue weighted by Gasteiger charge is -2.23. The van der Waals surface area contributed by atoms with Crippen LogP contribution in [0.3, 0.4) is 0 Å². The van der Waals surface area contributed by atoms with Gasteiger partial charge in [0, 0.05) is 19.3 Å². The zero-order valence-corrected chi connectivity index (χ0v) is 19.3. The average Bonchev–Trinajstić information content (AvgIpc) is 3.30. The van der Waals surface area contributed by atoms with E-state index >= 15 is 0 Å². The number of fused-ring (bicyclic) bond motifs is 7. The quantitative estimate of drug-likeness (QED) is 0.563. The lowest BCUT2D eigenvalue weighted by molar-refractivity contribution is 0.0997. The van der Waals surface area contributed by atoms with Crippen LogP contribution in [0, 0.1) is 19.8 Å². The highest BCUT2D eigenvalue weighted by molar-refractivity contribution is 6.18. The van der Waals surface area contributed by atoms with Gasteiger partial charge in [-0.2, -0.15) is 10.1 Å². The van der Waals surface area contributed by atoms with Crippen LogP contribution >= 0.6 is 0 Å². The molecule has 1 atom stereocenters. The minimum absolute atomic E-state index is 0.233. The van der Waals surface area contributed by atoms with Crippen molar-refractivity contribution in [2.24, 2.45) is 18.0 Å². The summed E-state index contributed by atoms with van der Waals surface area (Å²) in [7, 11) is 1.82. The molecule has 0 spiro atoms. The van der Waals surface area contributed by atoms with Gasteiger partial charge in [-0.25, -0.2) is 14.6 Å². The van der Waals surface area contributed by atoms with Gasteiger partial charge in [0.2, 0.25) is 11.8 Å². The van der Waals surface area contributed by atoms with Crippen molar-refractivity contribution in [2.45, 2.75) is 33.6 Å². The van der Waals surface area contributed by atoms with E-state index < -0.39 is 5.91 Å². The van der Waals surface area contributed by atoms with Crippen LogP contribution < -0.4 is 15.0 Å². The van der Waals surface area contributed by atoms with Gasteiger partial charge in [0.25, 0.3) is 5.91 Å². The van der Waals surface area contributed by atoms with Crippen LogP contribution in [0.5, 0.6) is 5.88 Å². The molecule has 1 N–H and O–H groups in total. The molecule has 4 heterocycles. The highest BCUT2D eigenvalue weighted by Gasteiger charge is 2.28. The molecule has 170 valence electrons. The molecular weight excluding hydrogens is 418 g/mol. The molecule has 1 aromatic carbocycles. The molecule has 9 nitrogen and oxygen atoms in total. The highest BCUT2D eigenvalue weighted by Crippen LogP contribution is 2.35. The molecule has 0 aliphatic carbocycles. The standard InChI is InChI=1S/C24H27N7O2/c1-14-7-8-18-20(10-14)31-13-15(2)6-5-9-33-23-17(12-25-30(23)4)21-26-16(3)11-19(27-21)22(32)29-24(31)28-18/h7-8,10-12,15H,5-6,9,13H2,1-4H3,(H,28,29,32)/t15-/m1/s1. The van der Waals surface area contributed by atoms with Crippen molar-refractivity contribution in [3.63, 3.8) is 0 Å². The Morgan fingerprint density at radius 1 is 1.18 bits per heavy atom. The van der Waals surface area contributed by atoms with E-state index in [1.54, 1.807) is 16.9 Å². The number of guanidine groups is 1. The summed E-state index contributed by atoms with van der Waals surface area (Å²) in [4.78, 5) is 28.8. The number of anilines is 2. The monoisotopic (exact) mass is 445 g/mol. The fourth-order valence-corrected chi connectivity index (χ4v) is 4.25. The Morgan fingerprint density at radius 3 is 2.88 bits per heavy atom. The number of nitrogens with one attached hydrogen (secondary N) is 1. The number of aryl methyl sites for hydroxylation is 3. The normalized spacial score (nSPS) is 19.8. The summed E-state index contributed by atoms with van der Waals surface area (Å²) in [5.74, 6) is 1.46. The second kappa shape index (κ2) is 8.31. The van der Waals surface area contributed by atoms with E-state index in [4.69, 9.17) is 4.74 Å². The number of aromatic nitrogens is 4. The summed E-state index contributed by atoms with van der Waals surface area (Å²) >= 11 is 0. The third kappa shape index (κ3) is 4.06. The Hall–Kier alpha value is -3.75. The van der Waals surface area contributed by atoms with E-state index in [0.717, 1.165) is 36.3 Å². The third-order valence-corrected chi connectivity index (χ3v) is 5.93. The Balaban J connectivity index is 1.60. The smallest absolute Gasteiger partial charge is 0.298 e. The van der Waals surface area contributed by atoms with Crippen LogP contribution in [0.2, 0.25) is 0 Å². The summed E-state index contributed by atoms with van der Waals surface area (Å²) in [6, 6.07) is 7.85. The van der Waals surface area contributed by atoms with E-state index in [0.29, 0.717) is 41.4 Å². The van der Waals surface area contributed by atoms with Crippen LogP contribution in [-0.4, -0.2) is 44.8 Å². The summed E-state index contributed by atoms with van der Waals surface area (Å²) < 4.78 is 7.76. The lowest BCUT2D eigenvalue weighted by Crippen LogP contribution is -2.35. The second-order valence-corrected chi connectivity index (χ2v) is 8.80. The van der Waals surface area contributed by atoms with Crippen LogP contribution in [0.1, 0.15) is 41.5 Å². The number of carbonyl (C=O) groups excluding carboxylic acids is 1. The predicted molar refractivity (Wildman–Crippen MR) is 127 cm³/mol. The number of nitrogens with zero attached hydrogens (tertiary/aromatic N) is 6. The van der Waals surface area contributed by atoms with Crippen molar-refractivity contribution in [3.05, 3.63) is 47.4 Å². The molecule has 0 fully saturated rings. The number of benzene rings is 1. The first-order chi connectivity index (χ1) is 15.9. The molecular formula is C24H27N7O2. The highest BCUT2D eigenvalue weighted by atomic mass is 16.5. The first-order valence-electron chi connectivity index (χ1n) is 11.2. The topological polar surface area (TPSA) is 97.5 Å². The number of carbonyl (C=O) groups is 1. The number of ether oxygens (including phenoxy) is 1. The summed E-state index contributed by atoms with van der Waals surface area (Å²) in [6.45, 7) is 7.40. The zero-order valence-electron chi connectivity index (χ0n) is 19.3. The fourth-order valence-electron chi connectivity index (χ4n) is 4.25.